The number of thiophene rings is 2. The van der Waals surface area contributed by atoms with Crippen LogP contribution in [0.1, 0.15) is 98.5 Å². The van der Waals surface area contributed by atoms with Gasteiger partial charge in [0.05, 0.1) is 46.8 Å². The number of carboxylic acid groups (broad SMARTS) is 1. The minimum absolute atomic E-state index is 0.0396. The SMILES string of the molecule is CC1Cc2sc(N)c(C#N)c2CN1C(=O)OC(C)(C)C.CC1Cc2sc(NC(=O)Cc3ccc(S(C)(=O)=O)cc3)c(C#N)c2CN1C(=O)OC(C)(C)C.CS(=O)(=O)c1ccc(CC(=O)O)cc1. The molecule has 2 unspecified atom stereocenters. The Morgan fingerprint density at radius 3 is 1.48 bits per heavy atom. The van der Waals surface area contributed by atoms with Crippen molar-refractivity contribution in [2.24, 2.45) is 0 Å². The van der Waals surface area contributed by atoms with Gasteiger partial charge < -0.3 is 35.4 Å². The maximum atomic E-state index is 12.6. The molecule has 21 heteroatoms. The van der Waals surface area contributed by atoms with Gasteiger partial charge in [-0.2, -0.15) is 10.5 Å². The van der Waals surface area contributed by atoms with Gasteiger partial charge in [-0.05, 0) is 90.8 Å². The lowest BCUT2D eigenvalue weighted by molar-refractivity contribution is -0.136. The van der Waals surface area contributed by atoms with E-state index in [1.807, 2.05) is 34.6 Å². The zero-order valence-corrected chi connectivity index (χ0v) is 42.3. The number of hydrogen-bond donors (Lipinski definition) is 3. The number of carboxylic acids is 1. The summed E-state index contributed by atoms with van der Waals surface area (Å²) in [5.74, 6) is -1.24. The van der Waals surface area contributed by atoms with Crippen LogP contribution >= 0.6 is 22.7 Å². The molecule has 6 rings (SSSR count). The number of anilines is 2. The summed E-state index contributed by atoms with van der Waals surface area (Å²) in [5, 5.41) is 31.2. The van der Waals surface area contributed by atoms with Crippen LogP contribution in [0.5, 0.6) is 0 Å². The van der Waals surface area contributed by atoms with Crippen molar-refractivity contribution in [1.82, 2.24) is 9.80 Å². The third kappa shape index (κ3) is 15.0. The zero-order valence-electron chi connectivity index (χ0n) is 39.0. The van der Waals surface area contributed by atoms with Gasteiger partial charge in [-0.15, -0.1) is 22.7 Å². The molecule has 2 aliphatic heterocycles. The number of nitriles is 2. The van der Waals surface area contributed by atoms with Gasteiger partial charge >= 0.3 is 18.2 Å². The number of aliphatic carboxylic acids is 1. The van der Waals surface area contributed by atoms with Crippen molar-refractivity contribution in [3.63, 3.8) is 0 Å². The van der Waals surface area contributed by atoms with E-state index in [1.54, 1.807) is 42.7 Å². The van der Waals surface area contributed by atoms with Crippen LogP contribution < -0.4 is 11.1 Å². The summed E-state index contributed by atoms with van der Waals surface area (Å²) in [6.45, 7) is 15.5. The van der Waals surface area contributed by atoms with Crippen molar-refractivity contribution in [1.29, 1.82) is 10.5 Å². The number of nitrogens with one attached hydrogen (secondary N) is 1. The highest BCUT2D eigenvalue weighted by Gasteiger charge is 2.35. The Hall–Kier alpha value is -6.00. The van der Waals surface area contributed by atoms with Gasteiger partial charge in [-0.1, -0.05) is 24.3 Å². The molecule has 0 saturated heterocycles. The van der Waals surface area contributed by atoms with E-state index < -0.39 is 42.9 Å². The predicted octanol–water partition coefficient (Wildman–Crippen LogP) is 7.49. The molecule has 4 N–H and O–H groups in total. The number of carbonyl (C=O) groups is 4. The van der Waals surface area contributed by atoms with Crippen LogP contribution in [0.15, 0.2) is 58.3 Å². The highest BCUT2D eigenvalue weighted by molar-refractivity contribution is 7.91. The van der Waals surface area contributed by atoms with Gasteiger partial charge in [0.25, 0.3) is 0 Å². The highest BCUT2D eigenvalue weighted by atomic mass is 32.2. The average Bonchev–Trinajstić information content (AvgIpc) is 3.69. The van der Waals surface area contributed by atoms with Crippen LogP contribution in [-0.2, 0) is 77.5 Å². The number of nitrogens with two attached hydrogens (primary N) is 1. The lowest BCUT2D eigenvalue weighted by Crippen LogP contribution is -2.44. The van der Waals surface area contributed by atoms with Crippen LogP contribution in [0.3, 0.4) is 0 Å². The molecule has 0 aliphatic carbocycles. The largest absolute Gasteiger partial charge is 0.481 e. The molecule has 0 bridgehead atoms. The first-order chi connectivity index (χ1) is 30.9. The maximum absolute atomic E-state index is 12.6. The lowest BCUT2D eigenvalue weighted by atomic mass is 10.0. The summed E-state index contributed by atoms with van der Waals surface area (Å²) < 4.78 is 56.2. The fourth-order valence-corrected chi connectivity index (χ4v) is 10.5. The second kappa shape index (κ2) is 21.3. The zero-order chi connectivity index (χ0) is 50.4. The lowest BCUT2D eigenvalue weighted by Gasteiger charge is -2.34. The standard InChI is InChI=1S/C23H27N3O5S2.C14H19N3O2S.C9H10O4S/c1-14-10-19-18(13-26(14)22(28)31-23(2,3)4)17(12-24)21(32-19)25-20(27)11-15-6-8-16(9-7-15)33(5,29)30;1-8-5-11-10(9(6-15)12(16)20-11)7-17(8)13(18)19-14(2,3)4;1-14(12,13)8-4-2-7(3-5-8)6-9(10)11/h6-9,14H,10-11,13H2,1-5H3,(H,25,27);8H,5,7,16H2,1-4H3;2-5H,6H2,1H3,(H,10,11). The number of hydrogen-bond acceptors (Lipinski definition) is 15. The van der Waals surface area contributed by atoms with Crippen molar-refractivity contribution in [2.75, 3.05) is 23.6 Å². The van der Waals surface area contributed by atoms with Crippen LogP contribution in [0.4, 0.5) is 19.6 Å². The van der Waals surface area contributed by atoms with E-state index in [2.05, 4.69) is 17.5 Å². The second-order valence-corrected chi connectivity index (χ2v) is 24.4. The number of rotatable bonds is 7. The van der Waals surface area contributed by atoms with Gasteiger partial charge in [0.1, 0.15) is 33.3 Å². The summed E-state index contributed by atoms with van der Waals surface area (Å²) in [7, 11) is -6.50. The predicted molar refractivity (Wildman–Crippen MR) is 255 cm³/mol. The summed E-state index contributed by atoms with van der Waals surface area (Å²) in [6.07, 6.45) is 2.69. The monoisotopic (exact) mass is 996 g/mol. The van der Waals surface area contributed by atoms with Crippen molar-refractivity contribution in [2.45, 2.75) is 127 Å². The summed E-state index contributed by atoms with van der Waals surface area (Å²) in [5.41, 5.74) is 8.43. The Labute approximate surface area is 399 Å². The van der Waals surface area contributed by atoms with E-state index in [0.29, 0.717) is 51.6 Å². The number of ether oxygens (including phenoxy) is 2. The number of benzene rings is 2. The first-order valence-corrected chi connectivity index (χ1v) is 26.3. The molecule has 360 valence electrons. The smallest absolute Gasteiger partial charge is 0.410 e. The van der Waals surface area contributed by atoms with Crippen LogP contribution in [0.2, 0.25) is 0 Å². The Morgan fingerprint density at radius 2 is 1.10 bits per heavy atom. The number of carbonyl (C=O) groups excluding carboxylic acids is 3. The van der Waals surface area contributed by atoms with Crippen molar-refractivity contribution >= 4 is 76.4 Å². The van der Waals surface area contributed by atoms with Crippen molar-refractivity contribution in [3.05, 3.63) is 91.7 Å². The first-order valence-electron chi connectivity index (χ1n) is 20.8. The molecule has 0 fully saturated rings. The van der Waals surface area contributed by atoms with Crippen molar-refractivity contribution in [3.8, 4) is 12.1 Å². The summed E-state index contributed by atoms with van der Waals surface area (Å²) in [4.78, 5) is 53.5. The minimum atomic E-state index is -3.30. The van der Waals surface area contributed by atoms with Gasteiger partial charge in [-0.25, -0.2) is 26.4 Å². The van der Waals surface area contributed by atoms with Crippen molar-refractivity contribution < 1.29 is 50.6 Å². The third-order valence-corrected chi connectivity index (χ3v) is 14.6. The van der Waals surface area contributed by atoms with E-state index in [0.717, 1.165) is 33.4 Å². The molecular formula is C46H56N6O11S4. The molecule has 17 nitrogen and oxygen atoms in total. The maximum Gasteiger partial charge on any atom is 0.410 e. The molecule has 67 heavy (non-hydrogen) atoms. The molecule has 4 aromatic rings. The van der Waals surface area contributed by atoms with Gasteiger partial charge in [0.2, 0.25) is 5.91 Å². The molecular weight excluding hydrogens is 941 g/mol. The third-order valence-electron chi connectivity index (χ3n) is 10.0. The quantitative estimate of drug-likeness (QED) is 0.162. The van der Waals surface area contributed by atoms with E-state index in [9.17, 15) is 46.5 Å². The highest BCUT2D eigenvalue weighted by Crippen LogP contribution is 2.39. The Kier molecular flexibility index (Phi) is 17.1. The number of nitrogen functional groups attached to an aromatic ring is 1. The Balaban J connectivity index is 0.000000244. The second-order valence-electron chi connectivity index (χ2n) is 18.1. The molecule has 3 amide bonds. The first kappa shape index (κ1) is 53.6. The molecule has 2 aromatic heterocycles. The van der Waals surface area contributed by atoms with Crippen LogP contribution in [-0.4, -0.2) is 91.6 Å². The molecule has 2 aliphatic rings. The molecule has 2 atom stereocenters. The summed E-state index contributed by atoms with van der Waals surface area (Å²) >= 11 is 2.80. The molecule has 4 heterocycles. The minimum Gasteiger partial charge on any atom is -0.481 e. The fraction of sp³-hybridized carbons (Fsp3) is 0.435. The number of nitrogens with zero attached hydrogens (tertiary/aromatic N) is 4. The normalized spacial score (nSPS) is 15.7. The fourth-order valence-electron chi connectivity index (χ4n) is 6.82. The van der Waals surface area contributed by atoms with E-state index in [4.69, 9.17) is 20.3 Å². The van der Waals surface area contributed by atoms with Crippen LogP contribution in [0.25, 0.3) is 0 Å². The molecule has 2 aromatic carbocycles. The number of amides is 3. The van der Waals surface area contributed by atoms with E-state index >= 15 is 0 Å². The van der Waals surface area contributed by atoms with Gasteiger partial charge in [0.15, 0.2) is 19.7 Å². The molecule has 0 radical (unpaired) electrons. The number of sulfone groups is 2. The van der Waals surface area contributed by atoms with Crippen LogP contribution in [0, 0.1) is 22.7 Å². The number of fused-ring (bicyclic) bond motifs is 2. The van der Waals surface area contributed by atoms with Gasteiger partial charge in [0, 0.05) is 58.3 Å². The van der Waals surface area contributed by atoms with Gasteiger partial charge in [-0.3, -0.25) is 9.59 Å². The van der Waals surface area contributed by atoms with E-state index in [1.165, 1.54) is 59.1 Å². The average molecular weight is 997 g/mol. The Morgan fingerprint density at radius 1 is 0.716 bits per heavy atom. The summed E-state index contributed by atoms with van der Waals surface area (Å²) in [6, 6.07) is 16.2. The molecule has 0 saturated carbocycles. The molecule has 0 spiro atoms. The Bertz CT molecular complexity index is 2810. The topological polar surface area (TPSA) is 267 Å². The van der Waals surface area contributed by atoms with E-state index in [-0.39, 0.29) is 53.3 Å².